The lowest BCUT2D eigenvalue weighted by Gasteiger charge is -2.25. The number of aromatic nitrogens is 2. The summed E-state index contributed by atoms with van der Waals surface area (Å²) in [7, 11) is 0. The van der Waals surface area contributed by atoms with Gasteiger partial charge in [-0.2, -0.15) is 0 Å². The second-order valence-corrected chi connectivity index (χ2v) is 6.13. The summed E-state index contributed by atoms with van der Waals surface area (Å²) in [4.78, 5) is 41.2. The van der Waals surface area contributed by atoms with Crippen LogP contribution in [-0.2, 0) is 9.59 Å². The fraction of sp³-hybridized carbons (Fsp3) is 0.375. The normalized spacial score (nSPS) is 21.5. The molecule has 3 N–H and O–H groups in total. The number of amides is 2. The molecule has 23 heavy (non-hydrogen) atoms. The lowest BCUT2D eigenvalue weighted by atomic mass is 10.0. The number of carbonyl (C=O) groups is 2. The molecule has 1 aromatic heterocycles. The van der Waals surface area contributed by atoms with Gasteiger partial charge in [-0.15, -0.1) is 0 Å². The van der Waals surface area contributed by atoms with Crippen LogP contribution in [0, 0.1) is 0 Å². The van der Waals surface area contributed by atoms with Crippen LogP contribution >= 0.6 is 0 Å². The van der Waals surface area contributed by atoms with Gasteiger partial charge in [-0.3, -0.25) is 24.3 Å². The summed E-state index contributed by atoms with van der Waals surface area (Å²) in [5, 5.41) is 2.64. The number of hydrogen-bond donors (Lipinski definition) is 2. The molecule has 2 aliphatic rings. The molecular formula is C16H16N4O3. The van der Waals surface area contributed by atoms with E-state index in [4.69, 9.17) is 5.73 Å². The van der Waals surface area contributed by atoms with E-state index in [1.807, 2.05) is 0 Å². The van der Waals surface area contributed by atoms with Crippen molar-refractivity contribution < 1.29 is 9.59 Å². The monoisotopic (exact) mass is 312 g/mol. The molecule has 1 saturated carbocycles. The van der Waals surface area contributed by atoms with Crippen LogP contribution < -0.4 is 16.6 Å². The molecule has 4 rings (SSSR count). The third kappa shape index (κ3) is 2.19. The Morgan fingerprint density at radius 3 is 2.65 bits per heavy atom. The van der Waals surface area contributed by atoms with E-state index < -0.39 is 11.9 Å². The van der Waals surface area contributed by atoms with Crippen molar-refractivity contribution in [1.82, 2.24) is 14.9 Å². The Hall–Kier alpha value is -2.70. The van der Waals surface area contributed by atoms with Crippen molar-refractivity contribution in [1.29, 1.82) is 0 Å². The predicted octanol–water partition coefficient (Wildman–Crippen LogP) is 0.834. The predicted molar refractivity (Wildman–Crippen MR) is 83.8 cm³/mol. The summed E-state index contributed by atoms with van der Waals surface area (Å²) in [6, 6.07) is 4.47. The van der Waals surface area contributed by atoms with E-state index in [9.17, 15) is 14.4 Å². The number of piperidine rings is 1. The zero-order valence-electron chi connectivity index (χ0n) is 12.4. The van der Waals surface area contributed by atoms with E-state index in [0.717, 1.165) is 12.8 Å². The van der Waals surface area contributed by atoms with E-state index in [0.29, 0.717) is 28.8 Å². The van der Waals surface area contributed by atoms with E-state index in [-0.39, 0.29) is 23.8 Å². The third-order valence-corrected chi connectivity index (χ3v) is 4.45. The highest BCUT2D eigenvalue weighted by Crippen LogP contribution is 2.40. The fourth-order valence-electron chi connectivity index (χ4n) is 3.14. The summed E-state index contributed by atoms with van der Waals surface area (Å²) < 4.78 is 1.46. The maximum absolute atomic E-state index is 13.0. The minimum Gasteiger partial charge on any atom is -0.398 e. The lowest BCUT2D eigenvalue weighted by Crippen LogP contribution is -2.45. The minimum atomic E-state index is -0.702. The molecule has 2 amide bonds. The average molecular weight is 312 g/mol. The van der Waals surface area contributed by atoms with Gasteiger partial charge in [-0.1, -0.05) is 6.07 Å². The Morgan fingerprint density at radius 1 is 1.17 bits per heavy atom. The van der Waals surface area contributed by atoms with Crippen molar-refractivity contribution in [2.24, 2.45) is 0 Å². The van der Waals surface area contributed by atoms with Crippen LogP contribution in [0.4, 0.5) is 5.69 Å². The molecule has 7 heteroatoms. The number of imide groups is 1. The molecule has 2 aromatic rings. The third-order valence-electron chi connectivity index (χ3n) is 4.45. The molecule has 1 aromatic carbocycles. The maximum Gasteiger partial charge on any atom is 0.264 e. The summed E-state index contributed by atoms with van der Waals surface area (Å²) in [6.07, 6.45) is 2.43. The van der Waals surface area contributed by atoms with Gasteiger partial charge in [0.1, 0.15) is 11.9 Å². The topological polar surface area (TPSA) is 107 Å². The highest BCUT2D eigenvalue weighted by molar-refractivity contribution is 5.99. The Labute approximate surface area is 131 Å². The Balaban J connectivity index is 1.97. The van der Waals surface area contributed by atoms with Crippen molar-refractivity contribution in [3.8, 4) is 0 Å². The summed E-state index contributed by atoms with van der Waals surface area (Å²) >= 11 is 0. The molecule has 2 fully saturated rings. The zero-order valence-corrected chi connectivity index (χ0v) is 12.4. The maximum atomic E-state index is 13.0. The number of carbonyl (C=O) groups excluding carboxylic acids is 2. The van der Waals surface area contributed by atoms with Crippen LogP contribution in [0.2, 0.25) is 0 Å². The molecule has 0 bridgehead atoms. The van der Waals surface area contributed by atoms with Crippen LogP contribution in [-0.4, -0.2) is 21.4 Å². The van der Waals surface area contributed by atoms with Gasteiger partial charge in [-0.05, 0) is 31.4 Å². The largest absolute Gasteiger partial charge is 0.398 e. The molecule has 7 nitrogen and oxygen atoms in total. The van der Waals surface area contributed by atoms with Gasteiger partial charge in [-0.25, -0.2) is 4.98 Å². The van der Waals surface area contributed by atoms with E-state index >= 15 is 0 Å². The van der Waals surface area contributed by atoms with Crippen LogP contribution in [0.1, 0.15) is 43.5 Å². The molecule has 2 heterocycles. The molecule has 1 aliphatic heterocycles. The number of benzene rings is 1. The molecule has 0 spiro atoms. The van der Waals surface area contributed by atoms with Crippen molar-refractivity contribution >= 4 is 28.4 Å². The number of nitrogens with zero attached hydrogens (tertiary/aromatic N) is 2. The summed E-state index contributed by atoms with van der Waals surface area (Å²) in [5.74, 6) is 0.0722. The number of anilines is 1. The van der Waals surface area contributed by atoms with Gasteiger partial charge in [0.25, 0.3) is 5.56 Å². The first-order valence-corrected chi connectivity index (χ1v) is 7.70. The van der Waals surface area contributed by atoms with Gasteiger partial charge >= 0.3 is 0 Å². The van der Waals surface area contributed by atoms with E-state index in [1.54, 1.807) is 18.2 Å². The van der Waals surface area contributed by atoms with Crippen LogP contribution in [0.15, 0.2) is 23.0 Å². The zero-order chi connectivity index (χ0) is 16.1. The number of hydrogen-bond acceptors (Lipinski definition) is 5. The van der Waals surface area contributed by atoms with Crippen molar-refractivity contribution in [3.05, 3.63) is 34.4 Å². The number of nitrogens with two attached hydrogens (primary N) is 1. The van der Waals surface area contributed by atoms with Gasteiger partial charge in [0, 0.05) is 18.0 Å². The fourth-order valence-corrected chi connectivity index (χ4v) is 3.14. The second kappa shape index (κ2) is 4.91. The molecule has 118 valence electrons. The molecule has 1 saturated heterocycles. The van der Waals surface area contributed by atoms with E-state index in [1.165, 1.54) is 4.57 Å². The first-order valence-electron chi connectivity index (χ1n) is 7.70. The van der Waals surface area contributed by atoms with Crippen LogP contribution in [0.3, 0.4) is 0 Å². The summed E-state index contributed by atoms with van der Waals surface area (Å²) in [6.45, 7) is 0. The lowest BCUT2D eigenvalue weighted by molar-refractivity contribution is -0.135. The van der Waals surface area contributed by atoms with Crippen LogP contribution in [0.25, 0.3) is 10.9 Å². The van der Waals surface area contributed by atoms with Gasteiger partial charge in [0.05, 0.1) is 10.9 Å². The standard InChI is InChI=1S/C16H16N4O3/c17-9-2-1-3-10-13(9)16(23)20(14(18-10)8-4-5-8)11-6-7-12(21)19-15(11)22/h1-3,8,11H,4-7,17H2,(H,19,21,22). The first-order chi connectivity index (χ1) is 11.1. The van der Waals surface area contributed by atoms with Crippen LogP contribution in [0.5, 0.6) is 0 Å². The molecule has 0 radical (unpaired) electrons. The van der Waals surface area contributed by atoms with Crippen molar-refractivity contribution in [2.75, 3.05) is 5.73 Å². The number of nitrogen functional groups attached to an aromatic ring is 1. The Bertz CT molecular complexity index is 898. The molecule has 1 unspecified atom stereocenters. The first kappa shape index (κ1) is 13.9. The quantitative estimate of drug-likeness (QED) is 0.631. The molecule has 1 atom stereocenters. The number of rotatable bonds is 2. The second-order valence-electron chi connectivity index (χ2n) is 6.13. The summed E-state index contributed by atoms with van der Waals surface area (Å²) in [5.41, 5.74) is 6.55. The number of fused-ring (bicyclic) bond motifs is 1. The minimum absolute atomic E-state index is 0.193. The molecule has 1 aliphatic carbocycles. The number of nitrogens with one attached hydrogen (secondary N) is 1. The molecular weight excluding hydrogens is 296 g/mol. The van der Waals surface area contributed by atoms with E-state index in [2.05, 4.69) is 10.3 Å². The van der Waals surface area contributed by atoms with Crippen molar-refractivity contribution in [3.63, 3.8) is 0 Å². The van der Waals surface area contributed by atoms with Gasteiger partial charge in [0.2, 0.25) is 11.8 Å². The Morgan fingerprint density at radius 2 is 1.96 bits per heavy atom. The highest BCUT2D eigenvalue weighted by atomic mass is 16.2. The SMILES string of the molecule is Nc1cccc2nc(C3CC3)n(C3CCC(=O)NC3=O)c(=O)c12. The Kier molecular flexibility index (Phi) is 2.97. The highest BCUT2D eigenvalue weighted by Gasteiger charge is 2.36. The average Bonchev–Trinajstić information content (AvgIpc) is 3.33. The van der Waals surface area contributed by atoms with Gasteiger partial charge in [0.15, 0.2) is 0 Å². The smallest absolute Gasteiger partial charge is 0.264 e. The van der Waals surface area contributed by atoms with Gasteiger partial charge < -0.3 is 5.73 Å². The van der Waals surface area contributed by atoms with Crippen molar-refractivity contribution in [2.45, 2.75) is 37.6 Å².